The molecule has 4 rings (SSSR count). The summed E-state index contributed by atoms with van der Waals surface area (Å²) in [5, 5.41) is 2.90. The number of anilines is 1. The van der Waals surface area contributed by atoms with E-state index in [1.807, 2.05) is 25.1 Å². The minimum atomic E-state index is -0.230. The number of fused-ring (bicyclic) bond motifs is 1. The Kier molecular flexibility index (Phi) is 5.98. The zero-order valence-corrected chi connectivity index (χ0v) is 17.9. The molecule has 0 spiro atoms. The first kappa shape index (κ1) is 20.6. The molecule has 1 aliphatic rings. The number of carbonyl (C=O) groups excluding carboxylic acids is 1. The molecule has 0 saturated heterocycles. The van der Waals surface area contributed by atoms with Gasteiger partial charge in [-0.25, -0.2) is 0 Å². The van der Waals surface area contributed by atoms with Crippen LogP contribution in [-0.2, 0) is 6.61 Å². The third-order valence-electron chi connectivity index (χ3n) is 5.22. The van der Waals surface area contributed by atoms with Gasteiger partial charge in [-0.1, -0.05) is 6.07 Å². The summed E-state index contributed by atoms with van der Waals surface area (Å²) in [6.07, 6.45) is 0. The van der Waals surface area contributed by atoms with Gasteiger partial charge in [-0.3, -0.25) is 4.79 Å². The molecule has 0 atom stereocenters. The van der Waals surface area contributed by atoms with Gasteiger partial charge in [-0.05, 0) is 67.4 Å². The molecule has 31 heavy (non-hydrogen) atoms. The first-order valence-corrected chi connectivity index (χ1v) is 10.1. The lowest BCUT2D eigenvalue weighted by Gasteiger charge is -2.19. The van der Waals surface area contributed by atoms with E-state index in [2.05, 4.69) is 12.2 Å². The van der Waals surface area contributed by atoms with Crippen molar-refractivity contribution >= 4 is 11.6 Å². The predicted molar refractivity (Wildman–Crippen MR) is 119 cm³/mol. The van der Waals surface area contributed by atoms with Crippen molar-refractivity contribution in [1.82, 2.24) is 0 Å². The van der Waals surface area contributed by atoms with Crippen molar-refractivity contribution in [2.45, 2.75) is 20.5 Å². The summed E-state index contributed by atoms with van der Waals surface area (Å²) in [6, 6.07) is 16.6. The average molecular weight is 419 g/mol. The van der Waals surface area contributed by atoms with Gasteiger partial charge >= 0.3 is 0 Å². The van der Waals surface area contributed by atoms with E-state index in [1.54, 1.807) is 43.5 Å². The molecule has 6 heteroatoms. The highest BCUT2D eigenvalue weighted by atomic mass is 16.6. The second-order valence-corrected chi connectivity index (χ2v) is 7.37. The molecule has 0 unspecified atom stereocenters. The van der Waals surface area contributed by atoms with Crippen LogP contribution >= 0.6 is 0 Å². The van der Waals surface area contributed by atoms with E-state index in [-0.39, 0.29) is 12.5 Å². The number of aryl methyl sites for hydroxylation is 2. The summed E-state index contributed by atoms with van der Waals surface area (Å²) in [5.41, 5.74) is 4.31. The molecule has 0 fully saturated rings. The molecule has 3 aromatic carbocycles. The summed E-state index contributed by atoms with van der Waals surface area (Å²) in [5.74, 6) is 2.52. The lowest BCUT2D eigenvalue weighted by Crippen LogP contribution is -2.16. The first-order valence-electron chi connectivity index (χ1n) is 10.1. The second kappa shape index (κ2) is 9.00. The highest BCUT2D eigenvalue weighted by Gasteiger charge is 2.15. The van der Waals surface area contributed by atoms with Gasteiger partial charge in [-0.15, -0.1) is 0 Å². The minimum absolute atomic E-state index is 0.230. The first-order chi connectivity index (χ1) is 15.0. The van der Waals surface area contributed by atoms with Crippen LogP contribution in [0, 0.1) is 13.8 Å². The van der Waals surface area contributed by atoms with E-state index < -0.39 is 0 Å². The van der Waals surface area contributed by atoms with Gasteiger partial charge in [0.2, 0.25) is 0 Å². The van der Waals surface area contributed by atoms with Crippen LogP contribution in [0.1, 0.15) is 27.0 Å². The molecule has 1 amide bonds. The van der Waals surface area contributed by atoms with E-state index in [9.17, 15) is 4.79 Å². The predicted octanol–water partition coefficient (Wildman–Crippen LogP) is 4.91. The summed E-state index contributed by atoms with van der Waals surface area (Å²) < 4.78 is 22.5. The van der Waals surface area contributed by atoms with Crippen molar-refractivity contribution in [2.75, 3.05) is 25.6 Å². The van der Waals surface area contributed by atoms with Crippen molar-refractivity contribution in [1.29, 1.82) is 0 Å². The molecule has 0 saturated carbocycles. The molecule has 0 bridgehead atoms. The molecular formula is C25H25NO5. The van der Waals surface area contributed by atoms with E-state index in [1.165, 1.54) is 5.56 Å². The number of benzene rings is 3. The second-order valence-electron chi connectivity index (χ2n) is 7.37. The number of ether oxygens (including phenoxy) is 4. The van der Waals surface area contributed by atoms with Crippen LogP contribution in [0.25, 0.3) is 0 Å². The van der Waals surface area contributed by atoms with Crippen molar-refractivity contribution < 1.29 is 23.7 Å². The molecule has 1 heterocycles. The van der Waals surface area contributed by atoms with Gasteiger partial charge in [0, 0.05) is 22.9 Å². The molecule has 1 N–H and O–H groups in total. The van der Waals surface area contributed by atoms with E-state index >= 15 is 0 Å². The number of nitrogens with one attached hydrogen (secondary N) is 1. The van der Waals surface area contributed by atoms with Crippen LogP contribution in [0.2, 0.25) is 0 Å². The van der Waals surface area contributed by atoms with Gasteiger partial charge in [0.25, 0.3) is 5.91 Å². The lowest BCUT2D eigenvalue weighted by atomic mass is 10.1. The Labute approximate surface area is 181 Å². The fourth-order valence-corrected chi connectivity index (χ4v) is 3.32. The van der Waals surface area contributed by atoms with Crippen LogP contribution < -0.4 is 24.3 Å². The third-order valence-corrected chi connectivity index (χ3v) is 5.22. The van der Waals surface area contributed by atoms with Crippen LogP contribution in [0.5, 0.6) is 23.0 Å². The Balaban J connectivity index is 1.49. The SMILES string of the molecule is COc1ccc(C(=O)Nc2ccc3c(c2)OCCO3)cc1COc1ccc(C)c(C)c1. The maximum Gasteiger partial charge on any atom is 0.255 e. The maximum absolute atomic E-state index is 12.8. The van der Waals surface area contributed by atoms with Gasteiger partial charge in [0.15, 0.2) is 11.5 Å². The Morgan fingerprint density at radius 2 is 1.74 bits per heavy atom. The van der Waals surface area contributed by atoms with Crippen molar-refractivity contribution in [3.05, 3.63) is 76.9 Å². The number of hydrogen-bond acceptors (Lipinski definition) is 5. The van der Waals surface area contributed by atoms with Gasteiger partial charge in [0.1, 0.15) is 31.3 Å². The molecule has 0 aliphatic carbocycles. The van der Waals surface area contributed by atoms with Crippen LogP contribution in [0.15, 0.2) is 54.6 Å². The van der Waals surface area contributed by atoms with Gasteiger partial charge in [-0.2, -0.15) is 0 Å². The smallest absolute Gasteiger partial charge is 0.255 e. The van der Waals surface area contributed by atoms with Crippen LogP contribution in [0.4, 0.5) is 5.69 Å². The quantitative estimate of drug-likeness (QED) is 0.615. The Hall–Kier alpha value is -3.67. The number of hydrogen-bond donors (Lipinski definition) is 1. The summed E-state index contributed by atoms with van der Waals surface area (Å²) >= 11 is 0. The summed E-state index contributed by atoms with van der Waals surface area (Å²) in [4.78, 5) is 12.8. The van der Waals surface area contributed by atoms with E-state index in [0.717, 1.165) is 16.9 Å². The number of amides is 1. The Bertz CT molecular complexity index is 1110. The number of rotatable bonds is 6. The molecule has 160 valence electrons. The Morgan fingerprint density at radius 3 is 2.52 bits per heavy atom. The summed E-state index contributed by atoms with van der Waals surface area (Å²) in [7, 11) is 1.60. The minimum Gasteiger partial charge on any atom is -0.496 e. The topological polar surface area (TPSA) is 66.0 Å². The van der Waals surface area contributed by atoms with E-state index in [0.29, 0.717) is 41.7 Å². The van der Waals surface area contributed by atoms with Crippen LogP contribution in [-0.4, -0.2) is 26.2 Å². The van der Waals surface area contributed by atoms with Gasteiger partial charge < -0.3 is 24.3 Å². The van der Waals surface area contributed by atoms with E-state index in [4.69, 9.17) is 18.9 Å². The molecule has 0 radical (unpaired) electrons. The molecule has 3 aromatic rings. The fraction of sp³-hybridized carbons (Fsp3) is 0.240. The Morgan fingerprint density at radius 1 is 0.935 bits per heavy atom. The number of carbonyl (C=O) groups is 1. The molecule has 0 aromatic heterocycles. The standard InChI is InChI=1S/C25H25NO5/c1-16-4-7-21(12-17(16)2)31-15-19-13-18(5-8-22(19)28-3)25(27)26-20-6-9-23-24(14-20)30-11-10-29-23/h4-9,12-14H,10-11,15H2,1-3H3,(H,26,27). The maximum atomic E-state index is 12.8. The average Bonchev–Trinajstić information content (AvgIpc) is 2.79. The largest absolute Gasteiger partial charge is 0.496 e. The van der Waals surface area contributed by atoms with Crippen molar-refractivity contribution in [3.8, 4) is 23.0 Å². The molecule has 6 nitrogen and oxygen atoms in total. The fourth-order valence-electron chi connectivity index (χ4n) is 3.32. The highest BCUT2D eigenvalue weighted by Crippen LogP contribution is 2.33. The third kappa shape index (κ3) is 4.74. The zero-order valence-electron chi connectivity index (χ0n) is 17.9. The van der Waals surface area contributed by atoms with Gasteiger partial charge in [0.05, 0.1) is 7.11 Å². The number of methoxy groups -OCH3 is 1. The summed E-state index contributed by atoms with van der Waals surface area (Å²) in [6.45, 7) is 5.42. The zero-order chi connectivity index (χ0) is 21.8. The van der Waals surface area contributed by atoms with Crippen LogP contribution in [0.3, 0.4) is 0 Å². The normalized spacial score (nSPS) is 12.2. The molecule has 1 aliphatic heterocycles. The monoisotopic (exact) mass is 419 g/mol. The van der Waals surface area contributed by atoms with Crippen molar-refractivity contribution in [3.63, 3.8) is 0 Å². The van der Waals surface area contributed by atoms with Crippen molar-refractivity contribution in [2.24, 2.45) is 0 Å². The highest BCUT2D eigenvalue weighted by molar-refractivity contribution is 6.04. The molecular weight excluding hydrogens is 394 g/mol. The lowest BCUT2D eigenvalue weighted by molar-refractivity contribution is 0.102.